The first-order chi connectivity index (χ1) is 7.72. The van der Waals surface area contributed by atoms with Crippen LogP contribution in [0.15, 0.2) is 22.8 Å². The van der Waals surface area contributed by atoms with Gasteiger partial charge in [-0.15, -0.1) is 11.3 Å². The van der Waals surface area contributed by atoms with E-state index in [1.807, 2.05) is 0 Å². The SMILES string of the molecule is O=C(O)c1nc(-c2ccco2)sc1CCO. The summed E-state index contributed by atoms with van der Waals surface area (Å²) in [6.45, 7) is -0.0972. The van der Waals surface area contributed by atoms with Crippen molar-refractivity contribution in [2.45, 2.75) is 6.42 Å². The van der Waals surface area contributed by atoms with Crippen molar-refractivity contribution in [3.05, 3.63) is 29.0 Å². The van der Waals surface area contributed by atoms with E-state index >= 15 is 0 Å². The Morgan fingerprint density at radius 1 is 1.56 bits per heavy atom. The molecule has 2 rings (SSSR count). The van der Waals surface area contributed by atoms with Crippen LogP contribution in [0, 0.1) is 0 Å². The number of aromatic carboxylic acids is 1. The lowest BCUT2D eigenvalue weighted by molar-refractivity contribution is 0.0690. The van der Waals surface area contributed by atoms with Crippen molar-refractivity contribution in [1.29, 1.82) is 0 Å². The zero-order valence-corrected chi connectivity index (χ0v) is 9.03. The number of carbonyl (C=O) groups is 1. The highest BCUT2D eigenvalue weighted by Gasteiger charge is 2.18. The Morgan fingerprint density at radius 3 is 2.94 bits per heavy atom. The summed E-state index contributed by atoms with van der Waals surface area (Å²) in [6, 6.07) is 3.43. The number of rotatable bonds is 4. The molecule has 6 heteroatoms. The number of aliphatic hydroxyl groups is 1. The van der Waals surface area contributed by atoms with Crippen LogP contribution in [0.3, 0.4) is 0 Å². The average Bonchev–Trinajstić information content (AvgIpc) is 2.83. The minimum absolute atomic E-state index is 0.00884. The molecule has 0 radical (unpaired) electrons. The molecule has 0 saturated carbocycles. The molecule has 16 heavy (non-hydrogen) atoms. The van der Waals surface area contributed by atoms with Crippen molar-refractivity contribution in [2.75, 3.05) is 6.61 Å². The fourth-order valence-electron chi connectivity index (χ4n) is 1.30. The van der Waals surface area contributed by atoms with Crippen molar-refractivity contribution in [1.82, 2.24) is 4.98 Å². The van der Waals surface area contributed by atoms with Crippen LogP contribution in [0.25, 0.3) is 10.8 Å². The summed E-state index contributed by atoms with van der Waals surface area (Å²) in [6.07, 6.45) is 1.79. The zero-order valence-electron chi connectivity index (χ0n) is 8.21. The molecule has 0 fully saturated rings. The van der Waals surface area contributed by atoms with E-state index in [9.17, 15) is 4.79 Å². The second kappa shape index (κ2) is 4.46. The lowest BCUT2D eigenvalue weighted by Gasteiger charge is -1.92. The van der Waals surface area contributed by atoms with Gasteiger partial charge in [0.2, 0.25) is 0 Å². The topological polar surface area (TPSA) is 83.6 Å². The Bertz CT molecular complexity index is 489. The second-order valence-corrected chi connectivity index (χ2v) is 4.13. The van der Waals surface area contributed by atoms with Gasteiger partial charge in [0.05, 0.1) is 6.26 Å². The summed E-state index contributed by atoms with van der Waals surface area (Å²) < 4.78 is 5.14. The van der Waals surface area contributed by atoms with Gasteiger partial charge in [0.15, 0.2) is 16.5 Å². The quantitative estimate of drug-likeness (QED) is 0.847. The zero-order chi connectivity index (χ0) is 11.5. The van der Waals surface area contributed by atoms with Crippen LogP contribution in [-0.2, 0) is 6.42 Å². The Hall–Kier alpha value is -1.66. The molecule has 0 bridgehead atoms. The van der Waals surface area contributed by atoms with Crippen LogP contribution < -0.4 is 0 Å². The van der Waals surface area contributed by atoms with E-state index in [1.54, 1.807) is 12.1 Å². The maximum atomic E-state index is 10.9. The summed E-state index contributed by atoms with van der Waals surface area (Å²) >= 11 is 1.22. The molecule has 0 amide bonds. The maximum absolute atomic E-state index is 10.9. The Balaban J connectivity index is 2.42. The molecule has 0 aromatic carbocycles. The number of aromatic nitrogens is 1. The van der Waals surface area contributed by atoms with Gasteiger partial charge in [-0.2, -0.15) is 0 Å². The molecule has 0 aliphatic rings. The first kappa shape index (κ1) is 10.8. The molecule has 0 aliphatic heterocycles. The van der Waals surface area contributed by atoms with E-state index < -0.39 is 5.97 Å². The third-order valence-electron chi connectivity index (χ3n) is 1.97. The summed E-state index contributed by atoms with van der Waals surface area (Å²) in [7, 11) is 0. The standard InChI is InChI=1S/C10H9NO4S/c12-4-3-7-8(10(13)14)11-9(16-7)6-2-1-5-15-6/h1-2,5,12H,3-4H2,(H,13,14). The van der Waals surface area contributed by atoms with Crippen LogP contribution in [0.5, 0.6) is 0 Å². The smallest absolute Gasteiger partial charge is 0.355 e. The fraction of sp³-hybridized carbons (Fsp3) is 0.200. The van der Waals surface area contributed by atoms with Crippen LogP contribution in [0.2, 0.25) is 0 Å². The van der Waals surface area contributed by atoms with Gasteiger partial charge >= 0.3 is 5.97 Å². The number of furan rings is 1. The predicted octanol–water partition coefficient (Wildman–Crippen LogP) is 1.64. The molecule has 5 nitrogen and oxygen atoms in total. The molecule has 2 N–H and O–H groups in total. The number of nitrogens with zero attached hydrogens (tertiary/aromatic N) is 1. The Kier molecular flexibility index (Phi) is 3.02. The lowest BCUT2D eigenvalue weighted by Crippen LogP contribution is -2.02. The highest BCUT2D eigenvalue weighted by atomic mass is 32.1. The Labute approximate surface area is 95.0 Å². The van der Waals surface area contributed by atoms with E-state index in [4.69, 9.17) is 14.6 Å². The first-order valence-corrected chi connectivity index (χ1v) is 5.41. The normalized spacial score (nSPS) is 10.6. The summed E-state index contributed by atoms with van der Waals surface area (Å²) in [5.74, 6) is -0.547. The van der Waals surface area contributed by atoms with Crippen molar-refractivity contribution >= 4 is 17.3 Å². The second-order valence-electron chi connectivity index (χ2n) is 3.05. The van der Waals surface area contributed by atoms with Crippen LogP contribution >= 0.6 is 11.3 Å². The van der Waals surface area contributed by atoms with Gasteiger partial charge in [0.1, 0.15) is 0 Å². The molecule has 0 saturated heterocycles. The predicted molar refractivity (Wildman–Crippen MR) is 57.6 cm³/mol. The monoisotopic (exact) mass is 239 g/mol. The molecule has 2 heterocycles. The largest absolute Gasteiger partial charge is 0.476 e. The molecule has 0 unspecified atom stereocenters. The van der Waals surface area contributed by atoms with Crippen molar-refractivity contribution in [2.24, 2.45) is 0 Å². The van der Waals surface area contributed by atoms with Gasteiger partial charge in [-0.25, -0.2) is 9.78 Å². The van der Waals surface area contributed by atoms with Crippen molar-refractivity contribution in [3.8, 4) is 10.8 Å². The van der Waals surface area contributed by atoms with E-state index in [-0.39, 0.29) is 12.3 Å². The van der Waals surface area contributed by atoms with Crippen LogP contribution in [-0.4, -0.2) is 27.8 Å². The minimum Gasteiger partial charge on any atom is -0.476 e. The third kappa shape index (κ3) is 1.98. The number of thiazole rings is 1. The minimum atomic E-state index is -1.09. The van der Waals surface area contributed by atoms with Crippen LogP contribution in [0.1, 0.15) is 15.4 Å². The lowest BCUT2D eigenvalue weighted by atomic mass is 10.3. The van der Waals surface area contributed by atoms with Crippen molar-refractivity contribution < 1.29 is 19.4 Å². The molecular weight excluding hydrogens is 230 g/mol. The number of aliphatic hydroxyl groups excluding tert-OH is 1. The number of hydrogen-bond donors (Lipinski definition) is 2. The summed E-state index contributed by atoms with van der Waals surface area (Å²) in [5.41, 5.74) is -0.00884. The number of hydrogen-bond acceptors (Lipinski definition) is 5. The highest BCUT2D eigenvalue weighted by Crippen LogP contribution is 2.28. The Morgan fingerprint density at radius 2 is 2.38 bits per heavy atom. The van der Waals surface area contributed by atoms with E-state index in [0.29, 0.717) is 22.1 Å². The molecule has 0 atom stereocenters. The molecule has 2 aromatic rings. The average molecular weight is 239 g/mol. The first-order valence-electron chi connectivity index (χ1n) is 4.60. The van der Waals surface area contributed by atoms with Gasteiger partial charge in [-0.1, -0.05) is 0 Å². The fourth-order valence-corrected chi connectivity index (χ4v) is 2.31. The highest BCUT2D eigenvalue weighted by molar-refractivity contribution is 7.15. The molecule has 0 aliphatic carbocycles. The van der Waals surface area contributed by atoms with Gasteiger partial charge in [-0.05, 0) is 12.1 Å². The van der Waals surface area contributed by atoms with E-state index in [0.717, 1.165) is 0 Å². The van der Waals surface area contributed by atoms with Gasteiger partial charge < -0.3 is 14.6 Å². The third-order valence-corrected chi connectivity index (χ3v) is 3.10. The molecule has 84 valence electrons. The number of carboxylic acids is 1. The van der Waals surface area contributed by atoms with Crippen molar-refractivity contribution in [3.63, 3.8) is 0 Å². The molecular formula is C10H9NO4S. The van der Waals surface area contributed by atoms with Gasteiger partial charge in [0.25, 0.3) is 0 Å². The summed E-state index contributed by atoms with van der Waals surface area (Å²) in [5, 5.41) is 18.3. The molecule has 2 aromatic heterocycles. The van der Waals surface area contributed by atoms with Gasteiger partial charge in [0, 0.05) is 17.9 Å². The van der Waals surface area contributed by atoms with E-state index in [2.05, 4.69) is 4.98 Å². The number of carboxylic acid groups (broad SMARTS) is 1. The van der Waals surface area contributed by atoms with Crippen LogP contribution in [0.4, 0.5) is 0 Å². The van der Waals surface area contributed by atoms with Gasteiger partial charge in [-0.3, -0.25) is 0 Å². The van der Waals surface area contributed by atoms with E-state index in [1.165, 1.54) is 17.6 Å². The summed E-state index contributed by atoms with van der Waals surface area (Å²) in [4.78, 5) is 15.5. The maximum Gasteiger partial charge on any atom is 0.355 e. The molecule has 0 spiro atoms.